The largest absolute Gasteiger partial charge is 0.493 e. The number of rotatable bonds is 6. The van der Waals surface area contributed by atoms with E-state index in [1.807, 2.05) is 42.5 Å². The summed E-state index contributed by atoms with van der Waals surface area (Å²) in [5, 5.41) is 9.21. The van der Waals surface area contributed by atoms with Gasteiger partial charge in [0.25, 0.3) is 5.56 Å². The average molecular weight is 335 g/mol. The Labute approximate surface area is 144 Å². The van der Waals surface area contributed by atoms with Crippen molar-refractivity contribution in [3.05, 3.63) is 77.1 Å². The molecule has 0 saturated heterocycles. The Morgan fingerprint density at radius 1 is 1.04 bits per heavy atom. The van der Waals surface area contributed by atoms with Gasteiger partial charge in [-0.2, -0.15) is 5.10 Å². The van der Waals surface area contributed by atoms with E-state index < -0.39 is 0 Å². The van der Waals surface area contributed by atoms with E-state index in [2.05, 4.69) is 15.5 Å². The summed E-state index contributed by atoms with van der Waals surface area (Å²) >= 11 is 0. The molecule has 0 aliphatic heterocycles. The molecule has 2 aromatic carbocycles. The molecule has 3 aromatic rings. The molecule has 0 bridgehead atoms. The van der Waals surface area contributed by atoms with Crippen LogP contribution in [0.25, 0.3) is 11.3 Å². The zero-order valence-corrected chi connectivity index (χ0v) is 13.4. The van der Waals surface area contributed by atoms with Gasteiger partial charge in [0.15, 0.2) is 0 Å². The quantitative estimate of drug-likeness (QED) is 0.725. The Bertz CT molecular complexity index is 887. The van der Waals surface area contributed by atoms with Crippen LogP contribution in [0.5, 0.6) is 5.75 Å². The molecule has 25 heavy (non-hydrogen) atoms. The molecule has 6 nitrogen and oxygen atoms in total. The fourth-order valence-electron chi connectivity index (χ4n) is 2.26. The number of H-pyrrole nitrogens is 1. The van der Waals surface area contributed by atoms with Crippen LogP contribution in [0, 0.1) is 0 Å². The zero-order valence-electron chi connectivity index (χ0n) is 13.4. The molecule has 0 aliphatic rings. The van der Waals surface area contributed by atoms with Gasteiger partial charge in [-0.05, 0) is 30.3 Å². The van der Waals surface area contributed by atoms with Gasteiger partial charge in [0, 0.05) is 17.3 Å². The van der Waals surface area contributed by atoms with Crippen molar-refractivity contribution in [2.75, 3.05) is 11.9 Å². The Kier molecular flexibility index (Phi) is 5.21. The van der Waals surface area contributed by atoms with Crippen LogP contribution in [0.1, 0.15) is 6.42 Å². The van der Waals surface area contributed by atoms with Gasteiger partial charge in [0.1, 0.15) is 5.75 Å². The Morgan fingerprint density at radius 3 is 2.64 bits per heavy atom. The van der Waals surface area contributed by atoms with Crippen LogP contribution in [0.4, 0.5) is 5.69 Å². The molecule has 6 heteroatoms. The van der Waals surface area contributed by atoms with E-state index in [1.54, 1.807) is 18.2 Å². The molecule has 1 heterocycles. The SMILES string of the molecule is O=C(CCOc1ccccc1)Nc1cccc(-c2ccc(=O)[nH]n2)c1. The van der Waals surface area contributed by atoms with Crippen molar-refractivity contribution < 1.29 is 9.53 Å². The van der Waals surface area contributed by atoms with Crippen molar-refractivity contribution in [3.8, 4) is 17.0 Å². The first-order valence-electron chi connectivity index (χ1n) is 7.84. The maximum Gasteiger partial charge on any atom is 0.264 e. The molecular weight excluding hydrogens is 318 g/mol. The van der Waals surface area contributed by atoms with E-state index in [4.69, 9.17) is 4.74 Å². The molecule has 0 aliphatic carbocycles. The first kappa shape index (κ1) is 16.4. The number of nitrogens with zero attached hydrogens (tertiary/aromatic N) is 1. The molecule has 0 unspecified atom stereocenters. The number of carbonyl (C=O) groups excluding carboxylic acids is 1. The Morgan fingerprint density at radius 2 is 1.88 bits per heavy atom. The van der Waals surface area contributed by atoms with Crippen LogP contribution in [-0.4, -0.2) is 22.7 Å². The molecule has 0 fully saturated rings. The van der Waals surface area contributed by atoms with Crippen LogP contribution in [0.3, 0.4) is 0 Å². The third-order valence-corrected chi connectivity index (χ3v) is 3.46. The molecule has 1 aromatic heterocycles. The third-order valence-electron chi connectivity index (χ3n) is 3.46. The molecule has 2 N–H and O–H groups in total. The standard InChI is InChI=1S/C19H17N3O3/c23-18(11-12-25-16-7-2-1-3-8-16)20-15-6-4-5-14(13-15)17-9-10-19(24)22-21-17/h1-10,13H,11-12H2,(H,20,23)(H,22,24). The van der Waals surface area contributed by atoms with Gasteiger partial charge in [-0.1, -0.05) is 30.3 Å². The number of hydrogen-bond donors (Lipinski definition) is 2. The number of aromatic nitrogens is 2. The number of nitrogens with one attached hydrogen (secondary N) is 2. The summed E-state index contributed by atoms with van der Waals surface area (Å²) in [4.78, 5) is 23.1. The molecule has 126 valence electrons. The fourth-order valence-corrected chi connectivity index (χ4v) is 2.26. The monoisotopic (exact) mass is 335 g/mol. The van der Waals surface area contributed by atoms with Gasteiger partial charge in [-0.3, -0.25) is 9.59 Å². The van der Waals surface area contributed by atoms with Gasteiger partial charge in [0.05, 0.1) is 18.7 Å². The Hall–Kier alpha value is -3.41. The van der Waals surface area contributed by atoms with E-state index in [9.17, 15) is 9.59 Å². The highest BCUT2D eigenvalue weighted by atomic mass is 16.5. The van der Waals surface area contributed by atoms with E-state index in [-0.39, 0.29) is 17.9 Å². The summed E-state index contributed by atoms with van der Waals surface area (Å²) in [6, 6.07) is 19.7. The van der Waals surface area contributed by atoms with E-state index >= 15 is 0 Å². The summed E-state index contributed by atoms with van der Waals surface area (Å²) < 4.78 is 5.51. The highest BCUT2D eigenvalue weighted by molar-refractivity contribution is 5.91. The number of carbonyl (C=O) groups is 1. The second kappa shape index (κ2) is 7.92. The van der Waals surface area contributed by atoms with Crippen molar-refractivity contribution in [1.29, 1.82) is 0 Å². The first-order chi connectivity index (χ1) is 12.2. The second-order valence-electron chi connectivity index (χ2n) is 5.35. The summed E-state index contributed by atoms with van der Waals surface area (Å²) in [7, 11) is 0. The highest BCUT2D eigenvalue weighted by Crippen LogP contribution is 2.19. The lowest BCUT2D eigenvalue weighted by atomic mass is 10.1. The van der Waals surface area contributed by atoms with Crippen molar-refractivity contribution in [2.24, 2.45) is 0 Å². The van der Waals surface area contributed by atoms with Crippen LogP contribution < -0.4 is 15.6 Å². The predicted molar refractivity (Wildman–Crippen MR) is 95.5 cm³/mol. The van der Waals surface area contributed by atoms with Crippen LogP contribution in [0.15, 0.2) is 71.5 Å². The Balaban J connectivity index is 1.57. The summed E-state index contributed by atoms with van der Waals surface area (Å²) in [5.41, 5.74) is 1.83. The summed E-state index contributed by atoms with van der Waals surface area (Å²) in [5.74, 6) is 0.601. The molecule has 0 spiro atoms. The van der Waals surface area contributed by atoms with Gasteiger partial charge in [0.2, 0.25) is 5.91 Å². The van der Waals surface area contributed by atoms with Crippen molar-refractivity contribution >= 4 is 11.6 Å². The minimum Gasteiger partial charge on any atom is -0.493 e. The van der Waals surface area contributed by atoms with E-state index in [0.717, 1.165) is 11.3 Å². The van der Waals surface area contributed by atoms with E-state index in [0.29, 0.717) is 18.0 Å². The van der Waals surface area contributed by atoms with Gasteiger partial charge in [-0.15, -0.1) is 0 Å². The van der Waals surface area contributed by atoms with E-state index in [1.165, 1.54) is 6.07 Å². The second-order valence-corrected chi connectivity index (χ2v) is 5.35. The normalized spacial score (nSPS) is 10.2. The van der Waals surface area contributed by atoms with Gasteiger partial charge in [-0.25, -0.2) is 5.10 Å². The molecule has 0 radical (unpaired) electrons. The molecule has 0 atom stereocenters. The minimum atomic E-state index is -0.258. The highest BCUT2D eigenvalue weighted by Gasteiger charge is 2.05. The van der Waals surface area contributed by atoms with Crippen molar-refractivity contribution in [3.63, 3.8) is 0 Å². The van der Waals surface area contributed by atoms with Crippen LogP contribution in [-0.2, 0) is 4.79 Å². The average Bonchev–Trinajstić information content (AvgIpc) is 2.63. The molecule has 3 rings (SSSR count). The third kappa shape index (κ3) is 4.78. The van der Waals surface area contributed by atoms with Crippen LogP contribution in [0.2, 0.25) is 0 Å². The molecule has 1 amide bonds. The fraction of sp³-hybridized carbons (Fsp3) is 0.105. The zero-order chi connectivity index (χ0) is 17.5. The lowest BCUT2D eigenvalue weighted by Gasteiger charge is -2.08. The minimum absolute atomic E-state index is 0.137. The maximum absolute atomic E-state index is 12.0. The smallest absolute Gasteiger partial charge is 0.264 e. The predicted octanol–water partition coefficient (Wildman–Crippen LogP) is 2.84. The van der Waals surface area contributed by atoms with Crippen molar-refractivity contribution in [2.45, 2.75) is 6.42 Å². The number of anilines is 1. The number of benzene rings is 2. The number of aromatic amines is 1. The lowest BCUT2D eigenvalue weighted by Crippen LogP contribution is -2.15. The molecule has 0 saturated carbocycles. The number of amides is 1. The summed E-state index contributed by atoms with van der Waals surface area (Å²) in [6.07, 6.45) is 0.246. The molecular formula is C19H17N3O3. The lowest BCUT2D eigenvalue weighted by molar-refractivity contribution is -0.116. The van der Waals surface area contributed by atoms with Crippen molar-refractivity contribution in [1.82, 2.24) is 10.2 Å². The first-order valence-corrected chi connectivity index (χ1v) is 7.84. The summed E-state index contributed by atoms with van der Waals surface area (Å²) in [6.45, 7) is 0.303. The topological polar surface area (TPSA) is 84.1 Å². The number of hydrogen-bond acceptors (Lipinski definition) is 4. The van der Waals surface area contributed by atoms with Gasteiger partial charge < -0.3 is 10.1 Å². The number of ether oxygens (including phenoxy) is 1. The van der Waals surface area contributed by atoms with Gasteiger partial charge >= 0.3 is 0 Å². The van der Waals surface area contributed by atoms with Crippen LogP contribution >= 0.6 is 0 Å². The number of para-hydroxylation sites is 1. The maximum atomic E-state index is 12.0.